The number of hydrogen-bond acceptors (Lipinski definition) is 3. The van der Waals surface area contributed by atoms with Crippen LogP contribution in [0.4, 0.5) is 0 Å². The number of sulfonamides is 1. The zero-order valence-electron chi connectivity index (χ0n) is 17.9. The molecule has 0 saturated heterocycles. The van der Waals surface area contributed by atoms with Gasteiger partial charge in [-0.25, -0.2) is 13.1 Å². The molecule has 0 aliphatic carbocycles. The lowest BCUT2D eigenvalue weighted by Gasteiger charge is -2.26. The highest BCUT2D eigenvalue weighted by Crippen LogP contribution is 2.28. The van der Waals surface area contributed by atoms with Crippen LogP contribution in [-0.2, 0) is 10.0 Å². The summed E-state index contributed by atoms with van der Waals surface area (Å²) in [6.07, 6.45) is 0. The molecule has 2 N–H and O–H groups in total. The molecular formula is C25H28N2O3S. The number of benzene rings is 3. The van der Waals surface area contributed by atoms with Gasteiger partial charge in [-0.1, -0.05) is 60.7 Å². The summed E-state index contributed by atoms with van der Waals surface area (Å²) in [4.78, 5) is 13.0. The molecule has 3 aromatic carbocycles. The quantitative estimate of drug-likeness (QED) is 0.552. The number of carbonyl (C=O) groups is 1. The number of amides is 1. The van der Waals surface area contributed by atoms with E-state index >= 15 is 0 Å². The maximum absolute atomic E-state index is 12.9. The van der Waals surface area contributed by atoms with Gasteiger partial charge in [0.05, 0.1) is 4.90 Å². The van der Waals surface area contributed by atoms with Crippen LogP contribution >= 0.6 is 0 Å². The van der Waals surface area contributed by atoms with E-state index < -0.39 is 10.0 Å². The highest BCUT2D eigenvalue weighted by atomic mass is 32.2. The van der Waals surface area contributed by atoms with Crippen LogP contribution in [0.2, 0.25) is 0 Å². The van der Waals surface area contributed by atoms with E-state index in [0.29, 0.717) is 5.56 Å². The first-order valence-electron chi connectivity index (χ1n) is 10.3. The molecule has 0 heterocycles. The molecule has 3 aromatic rings. The maximum atomic E-state index is 12.9. The van der Waals surface area contributed by atoms with E-state index in [9.17, 15) is 13.2 Å². The second-order valence-electron chi connectivity index (χ2n) is 7.86. The summed E-state index contributed by atoms with van der Waals surface area (Å²) in [5.41, 5.74) is 2.64. The van der Waals surface area contributed by atoms with Crippen molar-refractivity contribution in [2.45, 2.75) is 43.7 Å². The minimum Gasteiger partial charge on any atom is -0.349 e. The van der Waals surface area contributed by atoms with Crippen LogP contribution in [0.3, 0.4) is 0 Å². The summed E-state index contributed by atoms with van der Waals surface area (Å²) in [6.45, 7) is 5.50. The zero-order chi connectivity index (χ0) is 22.4. The van der Waals surface area contributed by atoms with Crippen molar-refractivity contribution in [2.75, 3.05) is 0 Å². The molecule has 0 saturated carbocycles. The highest BCUT2D eigenvalue weighted by molar-refractivity contribution is 7.89. The van der Waals surface area contributed by atoms with E-state index in [1.54, 1.807) is 13.8 Å². The lowest BCUT2D eigenvalue weighted by atomic mass is 9.85. The van der Waals surface area contributed by atoms with Gasteiger partial charge in [0.25, 0.3) is 5.91 Å². The van der Waals surface area contributed by atoms with Crippen LogP contribution in [0.25, 0.3) is 0 Å². The first-order chi connectivity index (χ1) is 14.8. The largest absolute Gasteiger partial charge is 0.349 e. The summed E-state index contributed by atoms with van der Waals surface area (Å²) < 4.78 is 27.1. The lowest BCUT2D eigenvalue weighted by Crippen LogP contribution is -2.37. The van der Waals surface area contributed by atoms with Gasteiger partial charge in [0.15, 0.2) is 0 Å². The Bertz CT molecular complexity index is 1060. The molecule has 0 bridgehead atoms. The second kappa shape index (κ2) is 9.90. The summed E-state index contributed by atoms with van der Waals surface area (Å²) in [5.74, 6) is -0.258. The third-order valence-corrected chi connectivity index (χ3v) is 6.67. The van der Waals surface area contributed by atoms with Crippen LogP contribution in [0.15, 0.2) is 89.8 Å². The molecule has 0 radical (unpaired) electrons. The van der Waals surface area contributed by atoms with E-state index in [-0.39, 0.29) is 28.8 Å². The standard InChI is InChI=1S/C25H28N2O3S/c1-18(2)27-31(29,30)23-16-14-22(15-17-23)25(28)26-19(3)24(20-10-6-4-7-11-20)21-12-8-5-9-13-21/h4-19,24,27H,1-3H3,(H,26,28). The number of rotatable bonds is 8. The molecule has 1 atom stereocenters. The number of nitrogens with one attached hydrogen (secondary N) is 2. The Balaban J connectivity index is 1.79. The predicted molar refractivity (Wildman–Crippen MR) is 124 cm³/mol. The van der Waals surface area contributed by atoms with E-state index in [1.165, 1.54) is 24.3 Å². The molecule has 162 valence electrons. The van der Waals surface area contributed by atoms with Crippen molar-refractivity contribution in [2.24, 2.45) is 0 Å². The Hall–Kier alpha value is -2.96. The second-order valence-corrected chi connectivity index (χ2v) is 9.58. The first kappa shape index (κ1) is 22.7. The van der Waals surface area contributed by atoms with E-state index in [2.05, 4.69) is 34.3 Å². The van der Waals surface area contributed by atoms with E-state index in [1.807, 2.05) is 43.3 Å². The molecule has 31 heavy (non-hydrogen) atoms. The molecule has 5 nitrogen and oxygen atoms in total. The zero-order valence-corrected chi connectivity index (χ0v) is 18.8. The fourth-order valence-corrected chi connectivity index (χ4v) is 4.88. The van der Waals surface area contributed by atoms with E-state index in [0.717, 1.165) is 11.1 Å². The molecule has 0 aliphatic rings. The molecule has 0 fully saturated rings. The minimum absolute atomic E-state index is 0.0127. The average molecular weight is 437 g/mol. The number of hydrogen-bond donors (Lipinski definition) is 2. The Kier molecular flexibility index (Phi) is 7.25. The summed E-state index contributed by atoms with van der Waals surface area (Å²) in [7, 11) is -3.59. The Morgan fingerprint density at radius 3 is 1.68 bits per heavy atom. The normalized spacial score (nSPS) is 12.7. The molecular weight excluding hydrogens is 408 g/mol. The smallest absolute Gasteiger partial charge is 0.251 e. The fraction of sp³-hybridized carbons (Fsp3) is 0.240. The Morgan fingerprint density at radius 1 is 0.742 bits per heavy atom. The third-order valence-electron chi connectivity index (χ3n) is 4.99. The maximum Gasteiger partial charge on any atom is 0.251 e. The van der Waals surface area contributed by atoms with Crippen LogP contribution in [0.5, 0.6) is 0 Å². The molecule has 1 unspecified atom stereocenters. The topological polar surface area (TPSA) is 75.3 Å². The van der Waals surface area contributed by atoms with Crippen molar-refractivity contribution in [3.63, 3.8) is 0 Å². The minimum atomic E-state index is -3.59. The monoisotopic (exact) mass is 436 g/mol. The van der Waals surface area contributed by atoms with Gasteiger partial charge in [0.2, 0.25) is 10.0 Å². The first-order valence-corrected chi connectivity index (χ1v) is 11.8. The summed E-state index contributed by atoms with van der Waals surface area (Å²) in [6, 6.07) is 25.7. The van der Waals surface area contributed by atoms with Crippen molar-refractivity contribution in [1.29, 1.82) is 0 Å². The van der Waals surface area contributed by atoms with Gasteiger partial charge in [0.1, 0.15) is 0 Å². The van der Waals surface area contributed by atoms with Gasteiger partial charge in [-0.15, -0.1) is 0 Å². The molecule has 1 amide bonds. The van der Waals surface area contributed by atoms with Crippen molar-refractivity contribution in [3.8, 4) is 0 Å². The molecule has 0 aromatic heterocycles. The van der Waals surface area contributed by atoms with Crippen LogP contribution in [0.1, 0.15) is 48.2 Å². The molecule has 6 heteroatoms. The summed E-state index contributed by atoms with van der Waals surface area (Å²) >= 11 is 0. The van der Waals surface area contributed by atoms with Crippen molar-refractivity contribution >= 4 is 15.9 Å². The molecule has 0 aliphatic heterocycles. The molecule has 3 rings (SSSR count). The van der Waals surface area contributed by atoms with Gasteiger partial charge < -0.3 is 5.32 Å². The predicted octanol–water partition coefficient (Wildman–Crippen LogP) is 4.32. The Morgan fingerprint density at radius 2 is 1.23 bits per heavy atom. The van der Waals surface area contributed by atoms with Gasteiger partial charge in [-0.2, -0.15) is 0 Å². The number of carbonyl (C=O) groups excluding carboxylic acids is 1. The van der Waals surface area contributed by atoms with Crippen molar-refractivity contribution in [1.82, 2.24) is 10.0 Å². The van der Waals surface area contributed by atoms with Crippen LogP contribution in [0, 0.1) is 0 Å². The van der Waals surface area contributed by atoms with Crippen LogP contribution in [-0.4, -0.2) is 26.4 Å². The summed E-state index contributed by atoms with van der Waals surface area (Å²) in [5, 5.41) is 3.08. The van der Waals surface area contributed by atoms with E-state index in [4.69, 9.17) is 0 Å². The third kappa shape index (κ3) is 5.81. The van der Waals surface area contributed by atoms with Crippen molar-refractivity contribution in [3.05, 3.63) is 102 Å². The Labute approximate surface area is 184 Å². The van der Waals surface area contributed by atoms with Gasteiger partial charge >= 0.3 is 0 Å². The van der Waals surface area contributed by atoms with Gasteiger partial charge in [0, 0.05) is 23.6 Å². The SMILES string of the molecule is CC(C)NS(=O)(=O)c1ccc(C(=O)NC(C)C(c2ccccc2)c2ccccc2)cc1. The fourth-order valence-electron chi connectivity index (χ4n) is 3.63. The van der Waals surface area contributed by atoms with Crippen LogP contribution < -0.4 is 10.0 Å². The van der Waals surface area contributed by atoms with Crippen molar-refractivity contribution < 1.29 is 13.2 Å². The molecule has 0 spiro atoms. The van der Waals surface area contributed by atoms with Gasteiger partial charge in [-0.3, -0.25) is 4.79 Å². The highest BCUT2D eigenvalue weighted by Gasteiger charge is 2.23. The average Bonchev–Trinajstić information content (AvgIpc) is 2.74. The lowest BCUT2D eigenvalue weighted by molar-refractivity contribution is 0.0937. The van der Waals surface area contributed by atoms with Gasteiger partial charge in [-0.05, 0) is 56.2 Å².